The van der Waals surface area contributed by atoms with Crippen LogP contribution in [0, 0.1) is 6.92 Å². The van der Waals surface area contributed by atoms with Crippen molar-refractivity contribution >= 4 is 11.4 Å². The highest BCUT2D eigenvalue weighted by molar-refractivity contribution is 5.53. The minimum absolute atomic E-state index is 0.174. The molecule has 0 spiro atoms. The SMILES string of the molecule is CCCCCCc1ccc(O)c(N=Nc2ccc(C)cc2)c1. The Labute approximate surface area is 132 Å². The first kappa shape index (κ1) is 16.2. The number of azo groups is 1. The van der Waals surface area contributed by atoms with E-state index in [0.29, 0.717) is 5.69 Å². The van der Waals surface area contributed by atoms with Gasteiger partial charge in [0.2, 0.25) is 0 Å². The van der Waals surface area contributed by atoms with E-state index in [9.17, 15) is 5.11 Å². The molecule has 2 aromatic carbocycles. The number of aryl methyl sites for hydroxylation is 2. The average molecular weight is 296 g/mol. The van der Waals surface area contributed by atoms with Crippen molar-refractivity contribution in [3.63, 3.8) is 0 Å². The molecule has 0 bridgehead atoms. The quantitative estimate of drug-likeness (QED) is 0.477. The number of unbranched alkanes of at least 4 members (excludes halogenated alkanes) is 3. The minimum Gasteiger partial charge on any atom is -0.506 e. The average Bonchev–Trinajstić information content (AvgIpc) is 2.53. The maximum Gasteiger partial charge on any atom is 0.143 e. The molecule has 0 fully saturated rings. The number of phenolic OH excluding ortho intramolecular Hbond substituents is 1. The molecule has 0 aromatic heterocycles. The highest BCUT2D eigenvalue weighted by atomic mass is 16.3. The summed E-state index contributed by atoms with van der Waals surface area (Å²) in [6.07, 6.45) is 5.96. The molecule has 2 rings (SSSR count). The Morgan fingerprint density at radius 3 is 2.41 bits per heavy atom. The van der Waals surface area contributed by atoms with Gasteiger partial charge in [0.1, 0.15) is 11.4 Å². The molecular formula is C19H24N2O. The number of benzene rings is 2. The van der Waals surface area contributed by atoms with Crippen LogP contribution in [0.25, 0.3) is 0 Å². The molecule has 0 heterocycles. The fourth-order valence-electron chi connectivity index (χ4n) is 2.28. The first-order valence-electron chi connectivity index (χ1n) is 7.99. The smallest absolute Gasteiger partial charge is 0.143 e. The van der Waals surface area contributed by atoms with E-state index < -0.39 is 0 Å². The van der Waals surface area contributed by atoms with Crippen LogP contribution in [-0.4, -0.2) is 5.11 Å². The summed E-state index contributed by atoms with van der Waals surface area (Å²) >= 11 is 0. The zero-order valence-electron chi connectivity index (χ0n) is 13.4. The first-order valence-corrected chi connectivity index (χ1v) is 7.99. The molecular weight excluding hydrogens is 272 g/mol. The molecule has 0 aliphatic heterocycles. The van der Waals surface area contributed by atoms with E-state index in [0.717, 1.165) is 12.1 Å². The van der Waals surface area contributed by atoms with E-state index in [-0.39, 0.29) is 5.75 Å². The summed E-state index contributed by atoms with van der Waals surface area (Å²) in [6.45, 7) is 4.25. The molecule has 0 saturated carbocycles. The van der Waals surface area contributed by atoms with Crippen LogP contribution in [0.4, 0.5) is 11.4 Å². The summed E-state index contributed by atoms with van der Waals surface area (Å²) in [5, 5.41) is 18.3. The molecule has 22 heavy (non-hydrogen) atoms. The Morgan fingerprint density at radius 2 is 1.68 bits per heavy atom. The number of hydrogen-bond acceptors (Lipinski definition) is 3. The Kier molecular flexibility index (Phi) is 6.13. The van der Waals surface area contributed by atoms with Crippen LogP contribution in [0.15, 0.2) is 52.7 Å². The van der Waals surface area contributed by atoms with Gasteiger partial charge in [-0.1, -0.05) is 49.9 Å². The predicted molar refractivity (Wildman–Crippen MR) is 91.3 cm³/mol. The van der Waals surface area contributed by atoms with Gasteiger partial charge in [0.15, 0.2) is 0 Å². The van der Waals surface area contributed by atoms with Crippen molar-refractivity contribution in [2.45, 2.75) is 46.0 Å². The van der Waals surface area contributed by atoms with Crippen LogP contribution in [0.2, 0.25) is 0 Å². The van der Waals surface area contributed by atoms with Crippen molar-refractivity contribution in [3.8, 4) is 5.75 Å². The Bertz CT molecular complexity index is 618. The lowest BCUT2D eigenvalue weighted by Crippen LogP contribution is -1.85. The lowest BCUT2D eigenvalue weighted by molar-refractivity contribution is 0.476. The van der Waals surface area contributed by atoms with Gasteiger partial charge < -0.3 is 5.11 Å². The molecule has 0 radical (unpaired) electrons. The minimum atomic E-state index is 0.174. The molecule has 0 aliphatic carbocycles. The highest BCUT2D eigenvalue weighted by Crippen LogP contribution is 2.29. The van der Waals surface area contributed by atoms with Gasteiger partial charge in [0, 0.05) is 0 Å². The Morgan fingerprint density at radius 1 is 0.909 bits per heavy atom. The third kappa shape index (κ3) is 4.99. The van der Waals surface area contributed by atoms with E-state index in [4.69, 9.17) is 0 Å². The molecule has 0 aliphatic rings. The molecule has 3 nitrogen and oxygen atoms in total. The van der Waals surface area contributed by atoms with E-state index in [1.165, 1.54) is 36.8 Å². The van der Waals surface area contributed by atoms with E-state index in [1.807, 2.05) is 43.3 Å². The standard InChI is InChI=1S/C19H24N2O/c1-3-4-5-6-7-16-10-13-19(22)18(14-16)21-20-17-11-8-15(2)9-12-17/h8-14,22H,3-7H2,1-2H3. The van der Waals surface area contributed by atoms with Gasteiger partial charge in [0.05, 0.1) is 5.69 Å². The lowest BCUT2D eigenvalue weighted by Gasteiger charge is -2.04. The van der Waals surface area contributed by atoms with Crippen molar-refractivity contribution in [3.05, 3.63) is 53.6 Å². The van der Waals surface area contributed by atoms with Crippen molar-refractivity contribution < 1.29 is 5.11 Å². The van der Waals surface area contributed by atoms with Gasteiger partial charge in [0.25, 0.3) is 0 Å². The molecule has 0 unspecified atom stereocenters. The largest absolute Gasteiger partial charge is 0.506 e. The monoisotopic (exact) mass is 296 g/mol. The number of aromatic hydroxyl groups is 1. The first-order chi connectivity index (χ1) is 10.7. The van der Waals surface area contributed by atoms with Crippen molar-refractivity contribution in [1.29, 1.82) is 0 Å². The van der Waals surface area contributed by atoms with Crippen molar-refractivity contribution in [1.82, 2.24) is 0 Å². The van der Waals surface area contributed by atoms with Crippen molar-refractivity contribution in [2.75, 3.05) is 0 Å². The van der Waals surface area contributed by atoms with E-state index in [2.05, 4.69) is 17.2 Å². The van der Waals surface area contributed by atoms with Crippen LogP contribution >= 0.6 is 0 Å². The zero-order valence-corrected chi connectivity index (χ0v) is 13.4. The fraction of sp³-hybridized carbons (Fsp3) is 0.368. The second-order valence-corrected chi connectivity index (χ2v) is 5.67. The highest BCUT2D eigenvalue weighted by Gasteiger charge is 2.02. The summed E-state index contributed by atoms with van der Waals surface area (Å²) in [5.74, 6) is 0.174. The number of hydrogen-bond donors (Lipinski definition) is 1. The summed E-state index contributed by atoms with van der Waals surface area (Å²) in [6, 6.07) is 13.4. The maximum absolute atomic E-state index is 9.91. The summed E-state index contributed by atoms with van der Waals surface area (Å²) < 4.78 is 0. The number of nitrogens with zero attached hydrogens (tertiary/aromatic N) is 2. The van der Waals surface area contributed by atoms with Gasteiger partial charge in [-0.2, -0.15) is 5.11 Å². The molecule has 0 atom stereocenters. The molecule has 3 heteroatoms. The molecule has 116 valence electrons. The molecule has 1 N–H and O–H groups in total. The Balaban J connectivity index is 2.04. The maximum atomic E-state index is 9.91. The van der Waals surface area contributed by atoms with E-state index >= 15 is 0 Å². The molecule has 0 saturated heterocycles. The molecule has 2 aromatic rings. The number of phenols is 1. The van der Waals surface area contributed by atoms with Crippen LogP contribution in [0.1, 0.15) is 43.7 Å². The third-order valence-electron chi connectivity index (χ3n) is 3.67. The normalized spacial score (nSPS) is 11.2. The summed E-state index contributed by atoms with van der Waals surface area (Å²) in [7, 11) is 0. The van der Waals surface area contributed by atoms with E-state index in [1.54, 1.807) is 6.07 Å². The second-order valence-electron chi connectivity index (χ2n) is 5.67. The zero-order chi connectivity index (χ0) is 15.8. The third-order valence-corrected chi connectivity index (χ3v) is 3.67. The second kappa shape index (κ2) is 8.32. The Hall–Kier alpha value is -2.16. The van der Waals surface area contributed by atoms with Crippen LogP contribution in [-0.2, 0) is 6.42 Å². The summed E-state index contributed by atoms with van der Waals surface area (Å²) in [4.78, 5) is 0. The van der Waals surface area contributed by atoms with Crippen molar-refractivity contribution in [2.24, 2.45) is 10.2 Å². The van der Waals surface area contributed by atoms with Gasteiger partial charge >= 0.3 is 0 Å². The summed E-state index contributed by atoms with van der Waals surface area (Å²) in [5.41, 5.74) is 3.72. The van der Waals surface area contributed by atoms with Gasteiger partial charge in [-0.25, -0.2) is 0 Å². The van der Waals surface area contributed by atoms with Gasteiger partial charge in [-0.05, 0) is 49.6 Å². The number of rotatable bonds is 7. The van der Waals surface area contributed by atoms with Gasteiger partial charge in [-0.15, -0.1) is 5.11 Å². The molecule has 0 amide bonds. The van der Waals surface area contributed by atoms with Crippen LogP contribution in [0.3, 0.4) is 0 Å². The van der Waals surface area contributed by atoms with Crippen LogP contribution in [0.5, 0.6) is 5.75 Å². The topological polar surface area (TPSA) is 45.0 Å². The van der Waals surface area contributed by atoms with Crippen LogP contribution < -0.4 is 0 Å². The lowest BCUT2D eigenvalue weighted by atomic mass is 10.1. The predicted octanol–water partition coefficient (Wildman–Crippen LogP) is 6.24. The fourth-order valence-corrected chi connectivity index (χ4v) is 2.28. The van der Waals surface area contributed by atoms with Gasteiger partial charge in [-0.3, -0.25) is 0 Å².